The maximum absolute atomic E-state index is 13.6. The molecule has 2 aromatic rings. The Labute approximate surface area is 128 Å². The molecule has 112 valence electrons. The molecule has 0 aromatic heterocycles. The van der Waals surface area contributed by atoms with E-state index >= 15 is 0 Å². The van der Waals surface area contributed by atoms with Gasteiger partial charge in [-0.3, -0.25) is 0 Å². The number of benzene rings is 2. The van der Waals surface area contributed by atoms with Crippen molar-refractivity contribution in [2.24, 2.45) is 0 Å². The summed E-state index contributed by atoms with van der Waals surface area (Å²) in [5.41, 5.74) is -0.0831. The molecule has 21 heavy (non-hydrogen) atoms. The summed E-state index contributed by atoms with van der Waals surface area (Å²) in [6.07, 6.45) is 0. The van der Waals surface area contributed by atoms with E-state index in [1.807, 2.05) is 0 Å². The van der Waals surface area contributed by atoms with Gasteiger partial charge in [0, 0.05) is 22.7 Å². The van der Waals surface area contributed by atoms with Crippen LogP contribution >= 0.6 is 23.2 Å². The molecule has 0 aliphatic heterocycles. The van der Waals surface area contributed by atoms with Crippen LogP contribution in [0.5, 0.6) is 0 Å². The van der Waals surface area contributed by atoms with Crippen molar-refractivity contribution in [1.29, 1.82) is 0 Å². The Bertz CT molecular complexity index is 691. The number of anilines is 1. The third kappa shape index (κ3) is 3.24. The van der Waals surface area contributed by atoms with Crippen LogP contribution in [0.15, 0.2) is 24.3 Å². The van der Waals surface area contributed by atoms with Crippen LogP contribution in [-0.2, 0) is 0 Å². The van der Waals surface area contributed by atoms with Crippen molar-refractivity contribution >= 4 is 28.9 Å². The second-order valence-corrected chi connectivity index (χ2v) is 5.15. The van der Waals surface area contributed by atoms with E-state index in [1.165, 1.54) is 13.0 Å². The summed E-state index contributed by atoms with van der Waals surface area (Å²) < 4.78 is 53.0. The average molecular weight is 338 g/mol. The summed E-state index contributed by atoms with van der Waals surface area (Å²) in [6, 6.07) is 2.76. The number of hydrogen-bond donors (Lipinski definition) is 1. The summed E-state index contributed by atoms with van der Waals surface area (Å²) in [5.74, 6) is -4.17. The molecule has 0 fully saturated rings. The van der Waals surface area contributed by atoms with Crippen molar-refractivity contribution in [2.45, 2.75) is 13.0 Å². The normalized spacial score (nSPS) is 12.3. The van der Waals surface area contributed by atoms with Crippen molar-refractivity contribution < 1.29 is 17.6 Å². The highest BCUT2D eigenvalue weighted by Gasteiger charge is 2.19. The van der Waals surface area contributed by atoms with Crippen molar-refractivity contribution in [3.8, 4) is 0 Å². The van der Waals surface area contributed by atoms with Gasteiger partial charge in [-0.2, -0.15) is 0 Å². The minimum absolute atomic E-state index is 0.171. The fourth-order valence-electron chi connectivity index (χ4n) is 1.88. The molecule has 0 heterocycles. The van der Waals surface area contributed by atoms with Gasteiger partial charge in [-0.25, -0.2) is 17.6 Å². The molecular weight excluding hydrogens is 329 g/mol. The monoisotopic (exact) mass is 337 g/mol. The molecule has 0 aliphatic carbocycles. The molecule has 0 radical (unpaired) electrons. The Morgan fingerprint density at radius 3 is 2.19 bits per heavy atom. The van der Waals surface area contributed by atoms with Crippen LogP contribution in [0.4, 0.5) is 23.2 Å². The lowest BCUT2D eigenvalue weighted by Gasteiger charge is -2.19. The first-order valence-corrected chi connectivity index (χ1v) is 6.61. The van der Waals surface area contributed by atoms with Crippen LogP contribution in [0.25, 0.3) is 0 Å². The molecule has 2 rings (SSSR count). The van der Waals surface area contributed by atoms with Gasteiger partial charge in [0.2, 0.25) is 0 Å². The van der Waals surface area contributed by atoms with Gasteiger partial charge in [0.1, 0.15) is 11.6 Å². The zero-order valence-electron chi connectivity index (χ0n) is 10.7. The van der Waals surface area contributed by atoms with Crippen molar-refractivity contribution in [3.63, 3.8) is 0 Å². The van der Waals surface area contributed by atoms with Crippen LogP contribution in [0.3, 0.4) is 0 Å². The Kier molecular flexibility index (Phi) is 4.64. The lowest BCUT2D eigenvalue weighted by atomic mass is 10.1. The van der Waals surface area contributed by atoms with Crippen LogP contribution < -0.4 is 5.32 Å². The lowest BCUT2D eigenvalue weighted by molar-refractivity contribution is 0.495. The van der Waals surface area contributed by atoms with Crippen LogP contribution in [0, 0.1) is 23.3 Å². The minimum Gasteiger partial charge on any atom is -0.376 e. The van der Waals surface area contributed by atoms with Crippen LogP contribution in [0.2, 0.25) is 10.0 Å². The quantitative estimate of drug-likeness (QED) is 0.557. The topological polar surface area (TPSA) is 12.0 Å². The number of nitrogens with one attached hydrogen (secondary N) is 1. The van der Waals surface area contributed by atoms with Gasteiger partial charge in [-0.15, -0.1) is 0 Å². The van der Waals surface area contributed by atoms with Gasteiger partial charge in [-0.05, 0) is 19.1 Å². The fourth-order valence-corrected chi connectivity index (χ4v) is 2.58. The molecule has 0 bridgehead atoms. The third-order valence-electron chi connectivity index (χ3n) is 2.89. The summed E-state index contributed by atoms with van der Waals surface area (Å²) in [7, 11) is 0. The van der Waals surface area contributed by atoms with Crippen LogP contribution in [0.1, 0.15) is 18.5 Å². The Balaban J connectivity index is 2.37. The van der Waals surface area contributed by atoms with E-state index < -0.39 is 29.3 Å². The second-order valence-electron chi connectivity index (χ2n) is 4.37. The molecule has 1 unspecified atom stereocenters. The van der Waals surface area contributed by atoms with E-state index in [-0.39, 0.29) is 21.3 Å². The maximum atomic E-state index is 13.6. The van der Waals surface area contributed by atoms with Crippen molar-refractivity contribution in [1.82, 2.24) is 0 Å². The number of hydrogen-bond acceptors (Lipinski definition) is 1. The van der Waals surface area contributed by atoms with Gasteiger partial charge >= 0.3 is 0 Å². The first-order valence-electron chi connectivity index (χ1n) is 5.85. The molecule has 0 spiro atoms. The highest BCUT2D eigenvalue weighted by Crippen LogP contribution is 2.34. The lowest BCUT2D eigenvalue weighted by Crippen LogP contribution is -2.10. The summed E-state index contributed by atoms with van der Waals surface area (Å²) in [5, 5.41) is 2.54. The molecule has 2 aromatic carbocycles. The molecule has 0 aliphatic rings. The molecule has 0 saturated carbocycles. The van der Waals surface area contributed by atoms with E-state index in [0.29, 0.717) is 12.1 Å². The predicted octanol–water partition coefficient (Wildman–Crippen LogP) is 5.72. The summed E-state index contributed by atoms with van der Waals surface area (Å²) in [6.45, 7) is 1.53. The highest BCUT2D eigenvalue weighted by atomic mass is 35.5. The van der Waals surface area contributed by atoms with Crippen molar-refractivity contribution in [2.75, 3.05) is 5.32 Å². The first kappa shape index (κ1) is 15.9. The van der Waals surface area contributed by atoms with Gasteiger partial charge in [0.15, 0.2) is 11.6 Å². The van der Waals surface area contributed by atoms with Gasteiger partial charge in [0.05, 0.1) is 16.8 Å². The Morgan fingerprint density at radius 2 is 1.52 bits per heavy atom. The number of rotatable bonds is 3. The van der Waals surface area contributed by atoms with E-state index in [0.717, 1.165) is 6.07 Å². The third-order valence-corrected chi connectivity index (χ3v) is 3.61. The molecule has 0 saturated heterocycles. The van der Waals surface area contributed by atoms with Crippen LogP contribution in [-0.4, -0.2) is 0 Å². The molecule has 1 atom stereocenters. The van der Waals surface area contributed by atoms with E-state index in [1.54, 1.807) is 0 Å². The molecule has 7 heteroatoms. The van der Waals surface area contributed by atoms with Gasteiger partial charge in [0.25, 0.3) is 0 Å². The minimum atomic E-state index is -1.30. The summed E-state index contributed by atoms with van der Waals surface area (Å²) >= 11 is 11.8. The van der Waals surface area contributed by atoms with E-state index in [2.05, 4.69) is 5.32 Å². The Morgan fingerprint density at radius 1 is 0.905 bits per heavy atom. The van der Waals surface area contributed by atoms with Gasteiger partial charge < -0.3 is 5.32 Å². The maximum Gasteiger partial charge on any atom is 0.161 e. The average Bonchev–Trinajstić information content (AvgIpc) is 2.41. The standard InChI is InChI=1S/C14H9Cl2F4N/c1-6(13-7(15)2-3-8(17)14(13)16)21-12-5-10(19)9(18)4-11(12)20/h2-6,21H,1H3. The number of halogens is 6. The fraction of sp³-hybridized carbons (Fsp3) is 0.143. The smallest absolute Gasteiger partial charge is 0.161 e. The van der Waals surface area contributed by atoms with E-state index in [4.69, 9.17) is 23.2 Å². The zero-order chi connectivity index (χ0) is 15.7. The molecule has 1 N–H and O–H groups in total. The molecule has 1 nitrogen and oxygen atoms in total. The largest absolute Gasteiger partial charge is 0.376 e. The first-order chi connectivity index (χ1) is 9.81. The SMILES string of the molecule is CC(Nc1cc(F)c(F)cc1F)c1c(Cl)ccc(F)c1Cl. The summed E-state index contributed by atoms with van der Waals surface area (Å²) in [4.78, 5) is 0. The Hall–Kier alpha value is -1.46. The van der Waals surface area contributed by atoms with Crippen molar-refractivity contribution in [3.05, 3.63) is 63.1 Å². The highest BCUT2D eigenvalue weighted by molar-refractivity contribution is 6.36. The van der Waals surface area contributed by atoms with Gasteiger partial charge in [-0.1, -0.05) is 23.2 Å². The second kappa shape index (κ2) is 6.12. The molecular formula is C14H9Cl2F4N. The zero-order valence-corrected chi connectivity index (χ0v) is 12.2. The molecule has 0 amide bonds. The predicted molar refractivity (Wildman–Crippen MR) is 74.8 cm³/mol. The van der Waals surface area contributed by atoms with E-state index in [9.17, 15) is 17.6 Å².